The largest absolute Gasteiger partial charge is 0.384 e. The summed E-state index contributed by atoms with van der Waals surface area (Å²) < 4.78 is 0. The first kappa shape index (κ1) is 18.6. The number of aliphatic hydroxyl groups excluding tert-OH is 1. The van der Waals surface area contributed by atoms with Gasteiger partial charge < -0.3 is 10.5 Å². The standard InChI is InChI=1S/C21H18Cl2N2O/c1-12(10-13(2)24)20(26)15-8-9-17-16(11-15)19(22)18(21(23)25-17)14-6-4-3-5-7-14/h3-11,20,24,26H,1-2H3/b12-10+,24-13?. The summed E-state index contributed by atoms with van der Waals surface area (Å²) in [6.45, 7) is 3.47. The molecule has 26 heavy (non-hydrogen) atoms. The van der Waals surface area contributed by atoms with Crippen LogP contribution in [0.1, 0.15) is 25.5 Å². The summed E-state index contributed by atoms with van der Waals surface area (Å²) in [5, 5.41) is 19.7. The summed E-state index contributed by atoms with van der Waals surface area (Å²) >= 11 is 13.0. The van der Waals surface area contributed by atoms with E-state index in [0.717, 1.165) is 10.9 Å². The minimum atomic E-state index is -0.813. The summed E-state index contributed by atoms with van der Waals surface area (Å²) in [5.41, 5.74) is 4.01. The number of nitrogens with one attached hydrogen (secondary N) is 1. The Kier molecular flexibility index (Phi) is 5.42. The summed E-state index contributed by atoms with van der Waals surface area (Å²) in [6.07, 6.45) is 0.832. The maximum Gasteiger partial charge on any atom is 0.139 e. The number of benzene rings is 2. The van der Waals surface area contributed by atoms with Gasteiger partial charge in [0.25, 0.3) is 0 Å². The molecule has 132 valence electrons. The monoisotopic (exact) mass is 384 g/mol. The van der Waals surface area contributed by atoms with Gasteiger partial charge in [0.2, 0.25) is 0 Å². The second-order valence-corrected chi connectivity index (χ2v) is 6.94. The lowest BCUT2D eigenvalue weighted by atomic mass is 9.98. The van der Waals surface area contributed by atoms with E-state index in [4.69, 9.17) is 28.6 Å². The average Bonchev–Trinajstić information content (AvgIpc) is 2.61. The molecule has 3 rings (SSSR count). The Bertz CT molecular complexity index is 1010. The zero-order valence-corrected chi connectivity index (χ0v) is 15.9. The minimum Gasteiger partial charge on any atom is -0.384 e. The van der Waals surface area contributed by atoms with Gasteiger partial charge >= 0.3 is 0 Å². The zero-order chi connectivity index (χ0) is 18.8. The Morgan fingerprint density at radius 1 is 1.12 bits per heavy atom. The van der Waals surface area contributed by atoms with Crippen LogP contribution in [0, 0.1) is 5.41 Å². The van der Waals surface area contributed by atoms with Gasteiger partial charge in [0.15, 0.2) is 0 Å². The van der Waals surface area contributed by atoms with Gasteiger partial charge in [-0.3, -0.25) is 0 Å². The topological polar surface area (TPSA) is 57.0 Å². The van der Waals surface area contributed by atoms with Gasteiger partial charge in [-0.1, -0.05) is 59.6 Å². The molecule has 0 amide bonds. The number of halogens is 2. The quantitative estimate of drug-likeness (QED) is 0.413. The predicted molar refractivity (Wildman–Crippen MR) is 109 cm³/mol. The van der Waals surface area contributed by atoms with Gasteiger partial charge in [-0.2, -0.15) is 0 Å². The highest BCUT2D eigenvalue weighted by molar-refractivity contribution is 6.42. The molecule has 0 fully saturated rings. The van der Waals surface area contributed by atoms with Crippen LogP contribution in [-0.2, 0) is 0 Å². The summed E-state index contributed by atoms with van der Waals surface area (Å²) in [5.74, 6) is 0. The Morgan fingerprint density at radius 3 is 2.46 bits per heavy atom. The number of rotatable bonds is 4. The smallest absolute Gasteiger partial charge is 0.139 e. The first-order chi connectivity index (χ1) is 12.4. The van der Waals surface area contributed by atoms with Crippen molar-refractivity contribution in [2.45, 2.75) is 20.0 Å². The third-order valence-electron chi connectivity index (χ3n) is 4.16. The first-order valence-electron chi connectivity index (χ1n) is 8.14. The van der Waals surface area contributed by atoms with Gasteiger partial charge in [-0.15, -0.1) is 0 Å². The van der Waals surface area contributed by atoms with Crippen LogP contribution in [0.3, 0.4) is 0 Å². The van der Waals surface area contributed by atoms with Gasteiger partial charge in [0.1, 0.15) is 11.3 Å². The van der Waals surface area contributed by atoms with E-state index in [1.807, 2.05) is 36.4 Å². The summed E-state index contributed by atoms with van der Waals surface area (Å²) in [7, 11) is 0. The molecule has 2 aromatic carbocycles. The van der Waals surface area contributed by atoms with Crippen molar-refractivity contribution in [3.05, 3.63) is 75.9 Å². The van der Waals surface area contributed by atoms with E-state index in [9.17, 15) is 5.11 Å². The lowest BCUT2D eigenvalue weighted by molar-refractivity contribution is 0.216. The summed E-state index contributed by atoms with van der Waals surface area (Å²) in [6, 6.07) is 15.0. The fraction of sp³-hybridized carbons (Fsp3) is 0.143. The van der Waals surface area contributed by atoms with Gasteiger partial charge in [0.05, 0.1) is 10.5 Å². The highest BCUT2D eigenvalue weighted by atomic mass is 35.5. The van der Waals surface area contributed by atoms with Crippen LogP contribution in [0.15, 0.2) is 60.2 Å². The van der Waals surface area contributed by atoms with Crippen LogP contribution in [0.25, 0.3) is 22.0 Å². The molecule has 0 saturated carbocycles. The molecule has 0 bridgehead atoms. The molecule has 2 N–H and O–H groups in total. The predicted octanol–water partition coefficient (Wildman–Crippen LogP) is 6.23. The van der Waals surface area contributed by atoms with E-state index in [2.05, 4.69) is 4.98 Å². The second-order valence-electron chi connectivity index (χ2n) is 6.21. The van der Waals surface area contributed by atoms with Crippen molar-refractivity contribution in [2.24, 2.45) is 0 Å². The maximum atomic E-state index is 10.6. The van der Waals surface area contributed by atoms with Gasteiger partial charge in [-0.25, -0.2) is 4.98 Å². The van der Waals surface area contributed by atoms with Crippen LogP contribution >= 0.6 is 23.2 Å². The molecule has 3 aromatic rings. The van der Waals surface area contributed by atoms with Crippen LogP contribution in [-0.4, -0.2) is 15.8 Å². The van der Waals surface area contributed by atoms with Crippen LogP contribution in [0.4, 0.5) is 0 Å². The molecule has 1 atom stereocenters. The normalized spacial score (nSPS) is 13.0. The Morgan fingerprint density at radius 2 is 1.81 bits per heavy atom. The van der Waals surface area contributed by atoms with Crippen molar-refractivity contribution in [3.8, 4) is 11.1 Å². The third kappa shape index (κ3) is 3.65. The summed E-state index contributed by atoms with van der Waals surface area (Å²) in [4.78, 5) is 4.46. The van der Waals surface area contributed by atoms with Crippen molar-refractivity contribution < 1.29 is 5.11 Å². The number of aliphatic hydroxyl groups is 1. The number of nitrogens with zero attached hydrogens (tertiary/aromatic N) is 1. The van der Waals surface area contributed by atoms with Gasteiger partial charge in [-0.05, 0) is 48.8 Å². The van der Waals surface area contributed by atoms with Crippen molar-refractivity contribution in [2.75, 3.05) is 0 Å². The van der Waals surface area contributed by atoms with E-state index < -0.39 is 6.10 Å². The molecule has 3 nitrogen and oxygen atoms in total. The number of aromatic nitrogens is 1. The zero-order valence-electron chi connectivity index (χ0n) is 14.4. The SMILES string of the molecule is CC(=N)/C=C(\C)C(O)c1ccc2nc(Cl)c(-c3ccccc3)c(Cl)c2c1. The lowest BCUT2D eigenvalue weighted by Crippen LogP contribution is -2.01. The number of hydrogen-bond donors (Lipinski definition) is 2. The van der Waals surface area contributed by atoms with Crippen LogP contribution in [0.5, 0.6) is 0 Å². The molecule has 0 aliphatic rings. The molecular weight excluding hydrogens is 367 g/mol. The number of pyridine rings is 1. The highest BCUT2D eigenvalue weighted by Gasteiger charge is 2.17. The van der Waals surface area contributed by atoms with E-state index in [1.54, 1.807) is 32.1 Å². The van der Waals surface area contributed by atoms with Crippen molar-refractivity contribution in [1.82, 2.24) is 4.98 Å². The minimum absolute atomic E-state index is 0.345. The lowest BCUT2D eigenvalue weighted by Gasteiger charge is -2.15. The molecule has 0 aliphatic carbocycles. The van der Waals surface area contributed by atoms with Crippen LogP contribution in [0.2, 0.25) is 10.2 Å². The fourth-order valence-corrected chi connectivity index (χ4v) is 3.61. The van der Waals surface area contributed by atoms with E-state index in [0.29, 0.717) is 38.1 Å². The Balaban J connectivity index is 2.16. The van der Waals surface area contributed by atoms with Crippen molar-refractivity contribution in [1.29, 1.82) is 5.41 Å². The van der Waals surface area contributed by atoms with E-state index >= 15 is 0 Å². The molecule has 1 unspecified atom stereocenters. The molecule has 0 spiro atoms. The third-order valence-corrected chi connectivity index (χ3v) is 4.82. The molecule has 5 heteroatoms. The molecule has 0 aliphatic heterocycles. The van der Waals surface area contributed by atoms with Crippen molar-refractivity contribution >= 4 is 39.8 Å². The Hall–Kier alpha value is -2.20. The van der Waals surface area contributed by atoms with Crippen LogP contribution < -0.4 is 0 Å². The van der Waals surface area contributed by atoms with Gasteiger partial charge in [0, 0.05) is 16.7 Å². The highest BCUT2D eigenvalue weighted by Crippen LogP contribution is 2.39. The second kappa shape index (κ2) is 7.58. The average molecular weight is 385 g/mol. The molecular formula is C21H18Cl2N2O. The number of hydrogen-bond acceptors (Lipinski definition) is 3. The van der Waals surface area contributed by atoms with Crippen molar-refractivity contribution in [3.63, 3.8) is 0 Å². The maximum absolute atomic E-state index is 10.6. The Labute approximate surface area is 162 Å². The molecule has 0 saturated heterocycles. The number of allylic oxidation sites excluding steroid dienone is 1. The molecule has 1 heterocycles. The fourth-order valence-electron chi connectivity index (χ4n) is 2.92. The molecule has 1 aromatic heterocycles. The molecule has 0 radical (unpaired) electrons. The van der Waals surface area contributed by atoms with E-state index in [-0.39, 0.29) is 0 Å². The first-order valence-corrected chi connectivity index (χ1v) is 8.89. The van der Waals surface area contributed by atoms with E-state index in [1.165, 1.54) is 0 Å². The number of fused-ring (bicyclic) bond motifs is 1.